The van der Waals surface area contributed by atoms with Crippen LogP contribution < -0.4 is 5.32 Å². The van der Waals surface area contributed by atoms with E-state index in [1.54, 1.807) is 6.07 Å². The molecule has 2 aromatic carbocycles. The molecule has 1 unspecified atom stereocenters. The highest BCUT2D eigenvalue weighted by molar-refractivity contribution is 5.27. The average molecular weight is 241 g/mol. The van der Waals surface area contributed by atoms with Gasteiger partial charge in [-0.25, -0.2) is 0 Å². The molecule has 0 aromatic heterocycles. The lowest BCUT2D eigenvalue weighted by atomic mass is 10.1. The Bertz CT molecular complexity index is 481. The molecule has 2 aromatic rings. The molecular weight excluding hydrogens is 222 g/mol. The Balaban J connectivity index is 1.82. The van der Waals surface area contributed by atoms with Gasteiger partial charge in [0.1, 0.15) is 5.75 Å². The van der Waals surface area contributed by atoms with Gasteiger partial charge in [-0.1, -0.05) is 42.5 Å². The van der Waals surface area contributed by atoms with Crippen molar-refractivity contribution in [1.82, 2.24) is 5.32 Å². The highest BCUT2D eigenvalue weighted by Crippen LogP contribution is 2.13. The molecule has 0 radical (unpaired) electrons. The number of nitrogens with one attached hydrogen (secondary N) is 1. The maximum Gasteiger partial charge on any atom is 0.115 e. The minimum absolute atomic E-state index is 0.337. The minimum Gasteiger partial charge on any atom is -0.508 e. The van der Waals surface area contributed by atoms with Crippen LogP contribution in [0.5, 0.6) is 5.75 Å². The molecule has 0 fully saturated rings. The first-order valence-corrected chi connectivity index (χ1v) is 6.32. The fraction of sp³-hybridized carbons (Fsp3) is 0.250. The van der Waals surface area contributed by atoms with Gasteiger partial charge in [0, 0.05) is 6.04 Å². The molecule has 0 saturated carbocycles. The van der Waals surface area contributed by atoms with Gasteiger partial charge in [0.15, 0.2) is 0 Å². The molecule has 2 heteroatoms. The molecule has 0 aliphatic heterocycles. The van der Waals surface area contributed by atoms with Gasteiger partial charge in [0.2, 0.25) is 0 Å². The lowest BCUT2D eigenvalue weighted by molar-refractivity contribution is 0.474. The molecule has 2 nitrogen and oxygen atoms in total. The van der Waals surface area contributed by atoms with E-state index in [2.05, 4.69) is 36.5 Å². The number of hydrogen-bond acceptors (Lipinski definition) is 2. The van der Waals surface area contributed by atoms with Crippen molar-refractivity contribution in [3.05, 3.63) is 65.7 Å². The number of rotatable bonds is 5. The summed E-state index contributed by atoms with van der Waals surface area (Å²) in [6.45, 7) is 3.07. The van der Waals surface area contributed by atoms with E-state index >= 15 is 0 Å². The van der Waals surface area contributed by atoms with Crippen molar-refractivity contribution in [2.75, 3.05) is 6.54 Å². The fourth-order valence-electron chi connectivity index (χ4n) is 2.00. The summed E-state index contributed by atoms with van der Waals surface area (Å²) in [4.78, 5) is 0. The number of hydrogen-bond donors (Lipinski definition) is 2. The van der Waals surface area contributed by atoms with Gasteiger partial charge in [0.25, 0.3) is 0 Å². The number of aromatic hydroxyl groups is 1. The van der Waals surface area contributed by atoms with Crippen LogP contribution in [0.25, 0.3) is 0 Å². The van der Waals surface area contributed by atoms with Gasteiger partial charge >= 0.3 is 0 Å². The van der Waals surface area contributed by atoms with E-state index in [1.165, 1.54) is 5.56 Å². The molecule has 0 spiro atoms. The quantitative estimate of drug-likeness (QED) is 0.842. The lowest BCUT2D eigenvalue weighted by Crippen LogP contribution is -2.21. The van der Waals surface area contributed by atoms with Crippen molar-refractivity contribution in [1.29, 1.82) is 0 Å². The van der Waals surface area contributed by atoms with E-state index in [0.29, 0.717) is 11.8 Å². The number of phenolic OH excluding ortho intramolecular Hbond substituents is 1. The Kier molecular flexibility index (Phi) is 4.37. The Morgan fingerprint density at radius 1 is 1.06 bits per heavy atom. The van der Waals surface area contributed by atoms with Crippen LogP contribution >= 0.6 is 0 Å². The van der Waals surface area contributed by atoms with Crippen LogP contribution in [-0.4, -0.2) is 11.7 Å². The third-order valence-electron chi connectivity index (χ3n) is 3.07. The van der Waals surface area contributed by atoms with Crippen LogP contribution in [0.4, 0.5) is 0 Å². The van der Waals surface area contributed by atoms with E-state index in [1.807, 2.05) is 24.3 Å². The lowest BCUT2D eigenvalue weighted by Gasteiger charge is -2.14. The molecule has 0 saturated heterocycles. The first-order chi connectivity index (χ1) is 8.75. The zero-order valence-electron chi connectivity index (χ0n) is 10.6. The van der Waals surface area contributed by atoms with Crippen molar-refractivity contribution in [3.8, 4) is 5.75 Å². The second kappa shape index (κ2) is 6.22. The molecule has 94 valence electrons. The second-order valence-electron chi connectivity index (χ2n) is 4.51. The van der Waals surface area contributed by atoms with Gasteiger partial charge in [-0.3, -0.25) is 0 Å². The molecule has 0 aliphatic rings. The summed E-state index contributed by atoms with van der Waals surface area (Å²) in [5, 5.41) is 12.9. The Labute approximate surface area is 108 Å². The molecule has 1 atom stereocenters. The summed E-state index contributed by atoms with van der Waals surface area (Å²) in [5.74, 6) is 0.337. The average Bonchev–Trinajstić information content (AvgIpc) is 2.40. The van der Waals surface area contributed by atoms with Gasteiger partial charge in [-0.05, 0) is 43.1 Å². The summed E-state index contributed by atoms with van der Waals surface area (Å²) < 4.78 is 0. The highest BCUT2D eigenvalue weighted by atomic mass is 16.3. The van der Waals surface area contributed by atoms with Gasteiger partial charge in [-0.15, -0.1) is 0 Å². The topological polar surface area (TPSA) is 32.3 Å². The normalized spacial score (nSPS) is 12.3. The van der Waals surface area contributed by atoms with Gasteiger partial charge in [0.05, 0.1) is 0 Å². The Morgan fingerprint density at radius 3 is 2.56 bits per heavy atom. The molecule has 0 heterocycles. The SMILES string of the molecule is CC(NCCc1cccc(O)c1)c1ccccc1. The monoisotopic (exact) mass is 241 g/mol. The van der Waals surface area contributed by atoms with Crippen molar-refractivity contribution in [2.24, 2.45) is 0 Å². The first-order valence-electron chi connectivity index (χ1n) is 6.32. The van der Waals surface area contributed by atoms with Crippen molar-refractivity contribution in [2.45, 2.75) is 19.4 Å². The van der Waals surface area contributed by atoms with Crippen LogP contribution in [0.15, 0.2) is 54.6 Å². The molecule has 2 rings (SSSR count). The molecule has 2 N–H and O–H groups in total. The zero-order valence-corrected chi connectivity index (χ0v) is 10.6. The largest absolute Gasteiger partial charge is 0.508 e. The van der Waals surface area contributed by atoms with E-state index in [-0.39, 0.29) is 0 Å². The molecule has 0 aliphatic carbocycles. The van der Waals surface area contributed by atoms with Crippen molar-refractivity contribution < 1.29 is 5.11 Å². The van der Waals surface area contributed by atoms with Gasteiger partial charge in [-0.2, -0.15) is 0 Å². The first kappa shape index (κ1) is 12.7. The standard InChI is InChI=1S/C16H19NO/c1-13(15-7-3-2-4-8-15)17-11-10-14-6-5-9-16(18)12-14/h2-9,12-13,17-18H,10-11H2,1H3. The Hall–Kier alpha value is -1.80. The van der Waals surface area contributed by atoms with Crippen LogP contribution in [0.2, 0.25) is 0 Å². The molecule has 0 bridgehead atoms. The Morgan fingerprint density at radius 2 is 1.83 bits per heavy atom. The van der Waals surface area contributed by atoms with Crippen LogP contribution in [0, 0.1) is 0 Å². The van der Waals surface area contributed by atoms with Crippen molar-refractivity contribution >= 4 is 0 Å². The summed E-state index contributed by atoms with van der Waals surface area (Å²) >= 11 is 0. The second-order valence-corrected chi connectivity index (χ2v) is 4.51. The predicted molar refractivity (Wildman–Crippen MR) is 74.7 cm³/mol. The molecular formula is C16H19NO. The van der Waals surface area contributed by atoms with E-state index in [4.69, 9.17) is 0 Å². The smallest absolute Gasteiger partial charge is 0.115 e. The van der Waals surface area contributed by atoms with E-state index < -0.39 is 0 Å². The third kappa shape index (κ3) is 3.60. The summed E-state index contributed by atoms with van der Waals surface area (Å²) in [6, 6.07) is 18.2. The predicted octanol–water partition coefficient (Wildman–Crippen LogP) is 3.29. The maximum absolute atomic E-state index is 9.38. The summed E-state index contributed by atoms with van der Waals surface area (Å²) in [7, 11) is 0. The molecule has 0 amide bonds. The van der Waals surface area contributed by atoms with Crippen LogP contribution in [0.1, 0.15) is 24.1 Å². The summed E-state index contributed by atoms with van der Waals surface area (Å²) in [6.07, 6.45) is 0.922. The van der Waals surface area contributed by atoms with Gasteiger partial charge < -0.3 is 10.4 Å². The van der Waals surface area contributed by atoms with Crippen molar-refractivity contribution in [3.63, 3.8) is 0 Å². The van der Waals surface area contributed by atoms with E-state index in [0.717, 1.165) is 18.5 Å². The van der Waals surface area contributed by atoms with Crippen LogP contribution in [-0.2, 0) is 6.42 Å². The number of phenols is 1. The summed E-state index contributed by atoms with van der Waals surface area (Å²) in [5.41, 5.74) is 2.45. The zero-order chi connectivity index (χ0) is 12.8. The highest BCUT2D eigenvalue weighted by Gasteiger charge is 2.03. The van der Waals surface area contributed by atoms with Crippen LogP contribution in [0.3, 0.4) is 0 Å². The third-order valence-corrected chi connectivity index (χ3v) is 3.07. The number of benzene rings is 2. The molecule has 18 heavy (non-hydrogen) atoms. The van der Waals surface area contributed by atoms with E-state index in [9.17, 15) is 5.11 Å². The minimum atomic E-state index is 0.337. The maximum atomic E-state index is 9.38. The fourth-order valence-corrected chi connectivity index (χ4v) is 2.00.